The maximum absolute atomic E-state index is 12.4. The Balaban J connectivity index is 1.77. The van der Waals surface area contributed by atoms with Gasteiger partial charge in [-0.25, -0.2) is 13.2 Å². The van der Waals surface area contributed by atoms with Gasteiger partial charge in [0.05, 0.1) is 17.5 Å². The summed E-state index contributed by atoms with van der Waals surface area (Å²) >= 11 is 5.86. The molecule has 7 heteroatoms. The number of ether oxygens (including phenoxy) is 1. The molecule has 2 aromatic carbocycles. The summed E-state index contributed by atoms with van der Waals surface area (Å²) in [6.45, 7) is 2.19. The van der Waals surface area contributed by atoms with Crippen LogP contribution >= 0.6 is 11.6 Å². The molecule has 1 aliphatic rings. The molecule has 0 radical (unpaired) electrons. The highest BCUT2D eigenvalue weighted by atomic mass is 35.5. The van der Waals surface area contributed by atoms with E-state index in [1.54, 1.807) is 37.3 Å². The minimum absolute atomic E-state index is 0.397. The van der Waals surface area contributed by atoms with Gasteiger partial charge in [-0.3, -0.25) is 4.31 Å². The second-order valence-corrected chi connectivity index (χ2v) is 8.37. The molecule has 0 saturated heterocycles. The number of benzene rings is 2. The van der Waals surface area contributed by atoms with Gasteiger partial charge in [0.15, 0.2) is 0 Å². The van der Waals surface area contributed by atoms with E-state index < -0.39 is 22.1 Å². The summed E-state index contributed by atoms with van der Waals surface area (Å²) in [6.07, 6.45) is 1.35. The first-order valence-corrected chi connectivity index (χ1v) is 10.1. The van der Waals surface area contributed by atoms with Crippen molar-refractivity contribution < 1.29 is 17.9 Å². The Hall–Kier alpha value is -2.05. The third-order valence-corrected chi connectivity index (χ3v) is 5.62. The van der Waals surface area contributed by atoms with E-state index in [1.807, 2.05) is 12.1 Å². The Labute approximate surface area is 152 Å². The van der Waals surface area contributed by atoms with Crippen LogP contribution in [0.25, 0.3) is 0 Å². The van der Waals surface area contributed by atoms with Gasteiger partial charge in [0.1, 0.15) is 6.10 Å². The van der Waals surface area contributed by atoms with Crippen LogP contribution in [0.5, 0.6) is 0 Å². The molecule has 0 spiro atoms. The lowest BCUT2D eigenvalue weighted by Crippen LogP contribution is -2.27. The summed E-state index contributed by atoms with van der Waals surface area (Å²) < 4.78 is 30.4. The molecule has 0 saturated carbocycles. The van der Waals surface area contributed by atoms with Gasteiger partial charge >= 0.3 is 5.97 Å². The van der Waals surface area contributed by atoms with E-state index in [-0.39, 0.29) is 0 Å². The van der Waals surface area contributed by atoms with Crippen molar-refractivity contribution in [2.45, 2.75) is 19.4 Å². The van der Waals surface area contributed by atoms with Gasteiger partial charge in [-0.1, -0.05) is 23.7 Å². The lowest BCUT2D eigenvalue weighted by molar-refractivity contribution is 0.0338. The summed E-state index contributed by atoms with van der Waals surface area (Å²) in [5.41, 5.74) is 2.72. The topological polar surface area (TPSA) is 63.7 Å². The van der Waals surface area contributed by atoms with Crippen molar-refractivity contribution in [1.29, 1.82) is 0 Å². The number of halogens is 1. The van der Waals surface area contributed by atoms with Gasteiger partial charge in [0.2, 0.25) is 10.0 Å². The molecule has 0 bridgehead atoms. The fourth-order valence-corrected chi connectivity index (χ4v) is 3.96. The molecule has 2 aromatic rings. The molecule has 0 aromatic heterocycles. The second kappa shape index (κ2) is 6.69. The van der Waals surface area contributed by atoms with Crippen LogP contribution in [0.4, 0.5) is 5.69 Å². The third-order valence-electron chi connectivity index (χ3n) is 4.19. The van der Waals surface area contributed by atoms with E-state index in [9.17, 15) is 13.2 Å². The Bertz CT molecular complexity index is 909. The normalized spacial score (nSPS) is 14.9. The monoisotopic (exact) mass is 379 g/mol. The lowest BCUT2D eigenvalue weighted by Gasteiger charge is -2.17. The fourth-order valence-electron chi connectivity index (χ4n) is 2.87. The summed E-state index contributed by atoms with van der Waals surface area (Å²) in [6, 6.07) is 12.1. The maximum Gasteiger partial charge on any atom is 0.338 e. The molecule has 0 aliphatic carbocycles. The highest BCUT2D eigenvalue weighted by molar-refractivity contribution is 7.92. The molecule has 132 valence electrons. The quantitative estimate of drug-likeness (QED) is 0.761. The highest BCUT2D eigenvalue weighted by Gasteiger charge is 2.27. The average Bonchev–Trinajstić information content (AvgIpc) is 2.98. The van der Waals surface area contributed by atoms with E-state index in [0.717, 1.165) is 11.1 Å². The highest BCUT2D eigenvalue weighted by Crippen LogP contribution is 2.31. The molecule has 0 amide bonds. The number of hydrogen-bond acceptors (Lipinski definition) is 4. The van der Waals surface area contributed by atoms with Crippen molar-refractivity contribution in [1.82, 2.24) is 0 Å². The first kappa shape index (κ1) is 17.8. The largest absolute Gasteiger partial charge is 0.454 e. The van der Waals surface area contributed by atoms with Crippen LogP contribution in [0, 0.1) is 0 Å². The number of nitrogens with zero attached hydrogens (tertiary/aromatic N) is 1. The number of carbonyl (C=O) groups is 1. The standard InChI is InChI=1S/C18H18ClNO4S/c1-12(13-3-6-16(19)7-4-13)24-18(21)15-5-8-17-14(11-15)9-10-20(17)25(2,22)23/h3-8,11-12H,9-10H2,1-2H3. The number of hydrogen-bond donors (Lipinski definition) is 0. The van der Waals surface area contributed by atoms with Crippen molar-refractivity contribution in [2.24, 2.45) is 0 Å². The first-order valence-electron chi connectivity index (χ1n) is 7.83. The SMILES string of the molecule is CC(OC(=O)c1ccc2c(c1)CCN2S(C)(=O)=O)c1ccc(Cl)cc1. The number of sulfonamides is 1. The second-order valence-electron chi connectivity index (χ2n) is 6.03. The molecule has 3 rings (SSSR count). The zero-order chi connectivity index (χ0) is 18.2. The maximum atomic E-state index is 12.4. The van der Waals surface area contributed by atoms with Crippen LogP contribution in [0.15, 0.2) is 42.5 Å². The summed E-state index contributed by atoms with van der Waals surface area (Å²) in [5.74, 6) is -0.442. The number of rotatable bonds is 4. The third kappa shape index (κ3) is 3.80. The van der Waals surface area contributed by atoms with Gasteiger partial charge < -0.3 is 4.74 Å². The van der Waals surface area contributed by atoms with Crippen LogP contribution in [0.2, 0.25) is 5.02 Å². The zero-order valence-electron chi connectivity index (χ0n) is 13.9. The van der Waals surface area contributed by atoms with Crippen molar-refractivity contribution in [2.75, 3.05) is 17.1 Å². The molecule has 1 unspecified atom stereocenters. The van der Waals surface area contributed by atoms with Crippen LogP contribution in [0.3, 0.4) is 0 Å². The van der Waals surface area contributed by atoms with Gasteiger partial charge in [-0.05, 0) is 54.8 Å². The Morgan fingerprint density at radius 3 is 2.52 bits per heavy atom. The molecule has 5 nitrogen and oxygen atoms in total. The number of fused-ring (bicyclic) bond motifs is 1. The average molecular weight is 380 g/mol. The molecule has 1 atom stereocenters. The molecular formula is C18H18ClNO4S. The van der Waals surface area contributed by atoms with Crippen molar-refractivity contribution in [3.8, 4) is 0 Å². The fraction of sp³-hybridized carbons (Fsp3) is 0.278. The van der Waals surface area contributed by atoms with Crippen LogP contribution in [-0.4, -0.2) is 27.2 Å². The molecule has 25 heavy (non-hydrogen) atoms. The predicted octanol–water partition coefficient (Wildman–Crippen LogP) is 3.58. The van der Waals surface area contributed by atoms with Crippen molar-refractivity contribution >= 4 is 33.3 Å². The van der Waals surface area contributed by atoms with E-state index in [1.165, 1.54) is 10.6 Å². The van der Waals surface area contributed by atoms with Crippen LogP contribution in [-0.2, 0) is 21.2 Å². The Morgan fingerprint density at radius 1 is 1.20 bits per heavy atom. The molecule has 1 aliphatic heterocycles. The summed E-state index contributed by atoms with van der Waals surface area (Å²) in [7, 11) is -3.30. The van der Waals surface area contributed by atoms with Gasteiger partial charge in [-0.15, -0.1) is 0 Å². The molecule has 0 N–H and O–H groups in total. The van der Waals surface area contributed by atoms with E-state index in [2.05, 4.69) is 0 Å². The number of esters is 1. The first-order chi connectivity index (χ1) is 11.8. The van der Waals surface area contributed by atoms with Crippen LogP contribution in [0.1, 0.15) is 34.5 Å². The van der Waals surface area contributed by atoms with Gasteiger partial charge in [0, 0.05) is 11.6 Å². The summed E-state index contributed by atoms with van der Waals surface area (Å²) in [5, 5.41) is 0.622. The van der Waals surface area contributed by atoms with E-state index in [0.29, 0.717) is 29.2 Å². The van der Waals surface area contributed by atoms with Gasteiger partial charge in [-0.2, -0.15) is 0 Å². The minimum atomic E-state index is -3.30. The minimum Gasteiger partial charge on any atom is -0.454 e. The zero-order valence-corrected chi connectivity index (χ0v) is 15.5. The van der Waals surface area contributed by atoms with E-state index >= 15 is 0 Å². The molecule has 1 heterocycles. The van der Waals surface area contributed by atoms with Crippen molar-refractivity contribution in [3.05, 3.63) is 64.2 Å². The number of anilines is 1. The predicted molar refractivity (Wildman–Crippen MR) is 97.6 cm³/mol. The Morgan fingerprint density at radius 2 is 1.88 bits per heavy atom. The Kier molecular flexibility index (Phi) is 4.75. The van der Waals surface area contributed by atoms with Crippen LogP contribution < -0.4 is 4.31 Å². The van der Waals surface area contributed by atoms with Gasteiger partial charge in [0.25, 0.3) is 0 Å². The molecular weight excluding hydrogens is 362 g/mol. The van der Waals surface area contributed by atoms with Crippen molar-refractivity contribution in [3.63, 3.8) is 0 Å². The lowest BCUT2D eigenvalue weighted by atomic mass is 10.1. The smallest absolute Gasteiger partial charge is 0.338 e. The molecule has 0 fully saturated rings. The summed E-state index contributed by atoms with van der Waals surface area (Å²) in [4.78, 5) is 12.4. The van der Waals surface area contributed by atoms with E-state index in [4.69, 9.17) is 16.3 Å². The number of carbonyl (C=O) groups excluding carboxylic acids is 1.